The molecule has 0 bridgehead atoms. The highest BCUT2D eigenvalue weighted by molar-refractivity contribution is 5.76. The molecule has 1 aromatic carbocycles. The zero-order valence-corrected chi connectivity index (χ0v) is 21.8. The Kier molecular flexibility index (Phi) is 8.48. The number of carbonyl (C=O) groups excluding carboxylic acids is 1. The normalized spacial score (nSPS) is 20.4. The number of anilines is 1. The highest BCUT2D eigenvalue weighted by Crippen LogP contribution is 2.27. The standard InChI is InChI=1S/C29H38N6O2/c1-33(21-23-7-3-2-4-8-23)22-27-19-26(32-37-27)17-25-20-30-12-10-24(25)18-29(36)35-15-13-34(14-16-35)28-9-5-6-11-31-28/h2-9,11,19,24-25,30H,10,12-18,20-22H2,1H3. The van der Waals surface area contributed by atoms with Crippen molar-refractivity contribution in [3.63, 3.8) is 0 Å². The van der Waals surface area contributed by atoms with Gasteiger partial charge in [-0.15, -0.1) is 0 Å². The third-order valence-corrected chi connectivity index (χ3v) is 7.61. The molecule has 2 saturated heterocycles. The maximum absolute atomic E-state index is 13.2. The second-order valence-electron chi connectivity index (χ2n) is 10.4. The molecule has 8 heteroatoms. The molecule has 0 radical (unpaired) electrons. The Bertz CT molecular complexity index is 1110. The van der Waals surface area contributed by atoms with Gasteiger partial charge in [-0.3, -0.25) is 9.69 Å². The lowest BCUT2D eigenvalue weighted by atomic mass is 9.81. The van der Waals surface area contributed by atoms with Crippen molar-refractivity contribution in [1.82, 2.24) is 25.3 Å². The van der Waals surface area contributed by atoms with E-state index >= 15 is 0 Å². The van der Waals surface area contributed by atoms with Crippen LogP contribution in [0, 0.1) is 11.8 Å². The van der Waals surface area contributed by atoms with Gasteiger partial charge in [0.25, 0.3) is 0 Å². The van der Waals surface area contributed by atoms with E-state index in [0.29, 0.717) is 18.3 Å². The number of carbonyl (C=O) groups is 1. The molecule has 2 unspecified atom stereocenters. The molecule has 2 aliphatic heterocycles. The van der Waals surface area contributed by atoms with E-state index in [2.05, 4.69) is 62.6 Å². The third kappa shape index (κ3) is 6.96. The van der Waals surface area contributed by atoms with E-state index in [0.717, 1.165) is 82.5 Å². The number of hydrogen-bond acceptors (Lipinski definition) is 7. The van der Waals surface area contributed by atoms with Crippen LogP contribution in [0.4, 0.5) is 5.82 Å². The molecule has 2 aliphatic rings. The molecule has 0 aliphatic carbocycles. The van der Waals surface area contributed by atoms with Crippen molar-refractivity contribution in [2.24, 2.45) is 11.8 Å². The molecule has 37 heavy (non-hydrogen) atoms. The molecule has 1 amide bonds. The third-order valence-electron chi connectivity index (χ3n) is 7.61. The maximum Gasteiger partial charge on any atom is 0.222 e. The van der Waals surface area contributed by atoms with Crippen molar-refractivity contribution in [2.45, 2.75) is 32.4 Å². The van der Waals surface area contributed by atoms with Crippen molar-refractivity contribution in [1.29, 1.82) is 0 Å². The summed E-state index contributed by atoms with van der Waals surface area (Å²) in [7, 11) is 2.10. The fraction of sp³-hybridized carbons (Fsp3) is 0.483. The van der Waals surface area contributed by atoms with Gasteiger partial charge < -0.3 is 19.6 Å². The van der Waals surface area contributed by atoms with Gasteiger partial charge in [0, 0.05) is 51.4 Å². The monoisotopic (exact) mass is 502 g/mol. The maximum atomic E-state index is 13.2. The van der Waals surface area contributed by atoms with Crippen molar-refractivity contribution in [2.75, 3.05) is 51.2 Å². The van der Waals surface area contributed by atoms with Crippen molar-refractivity contribution < 1.29 is 9.32 Å². The topological polar surface area (TPSA) is 77.7 Å². The van der Waals surface area contributed by atoms with E-state index in [1.807, 2.05) is 35.4 Å². The summed E-state index contributed by atoms with van der Waals surface area (Å²) >= 11 is 0. The van der Waals surface area contributed by atoms with E-state index < -0.39 is 0 Å². The average molecular weight is 503 g/mol. The van der Waals surface area contributed by atoms with E-state index in [9.17, 15) is 4.79 Å². The number of piperazine rings is 1. The summed E-state index contributed by atoms with van der Waals surface area (Å²) in [6.07, 6.45) is 4.30. The number of nitrogens with one attached hydrogen (secondary N) is 1. The van der Waals surface area contributed by atoms with Crippen molar-refractivity contribution in [3.05, 3.63) is 77.8 Å². The van der Waals surface area contributed by atoms with Gasteiger partial charge in [-0.2, -0.15) is 0 Å². The number of benzene rings is 1. The predicted molar refractivity (Wildman–Crippen MR) is 144 cm³/mol. The van der Waals surface area contributed by atoms with Crippen molar-refractivity contribution in [3.8, 4) is 0 Å². The van der Waals surface area contributed by atoms with Gasteiger partial charge in [0.1, 0.15) is 5.82 Å². The first-order valence-corrected chi connectivity index (χ1v) is 13.5. The largest absolute Gasteiger partial charge is 0.360 e. The number of hydrogen-bond donors (Lipinski definition) is 1. The highest BCUT2D eigenvalue weighted by atomic mass is 16.5. The summed E-state index contributed by atoms with van der Waals surface area (Å²) in [6, 6.07) is 18.5. The van der Waals surface area contributed by atoms with Crippen LogP contribution in [0.25, 0.3) is 0 Å². The molecule has 1 N–H and O–H groups in total. The minimum absolute atomic E-state index is 0.279. The summed E-state index contributed by atoms with van der Waals surface area (Å²) < 4.78 is 5.68. The quantitative estimate of drug-likeness (QED) is 0.481. The van der Waals surface area contributed by atoms with Crippen LogP contribution in [0.3, 0.4) is 0 Å². The van der Waals surface area contributed by atoms with Crippen LogP contribution in [0.15, 0.2) is 65.3 Å². The lowest BCUT2D eigenvalue weighted by Gasteiger charge is -2.37. The van der Waals surface area contributed by atoms with Gasteiger partial charge in [-0.05, 0) is 62.5 Å². The molecular formula is C29H38N6O2. The SMILES string of the molecule is CN(Cc1ccccc1)Cc1cc(CC2CNCCC2CC(=O)N2CCN(c3ccccn3)CC2)no1. The molecule has 3 aromatic rings. The van der Waals surface area contributed by atoms with Crippen molar-refractivity contribution >= 4 is 11.7 Å². The Labute approximate surface area is 219 Å². The van der Waals surface area contributed by atoms with Gasteiger partial charge >= 0.3 is 0 Å². The first-order valence-electron chi connectivity index (χ1n) is 13.5. The Morgan fingerprint density at radius 1 is 1.05 bits per heavy atom. The van der Waals surface area contributed by atoms with Crippen LogP contribution in [-0.2, 0) is 24.3 Å². The Balaban J connectivity index is 1.11. The van der Waals surface area contributed by atoms with E-state index in [4.69, 9.17) is 4.52 Å². The smallest absolute Gasteiger partial charge is 0.222 e. The summed E-state index contributed by atoms with van der Waals surface area (Å²) in [5.41, 5.74) is 2.27. The average Bonchev–Trinajstić information content (AvgIpc) is 3.37. The molecule has 0 spiro atoms. The molecular weight excluding hydrogens is 464 g/mol. The molecule has 5 rings (SSSR count). The number of amides is 1. The van der Waals surface area contributed by atoms with Gasteiger partial charge in [0.15, 0.2) is 5.76 Å². The van der Waals surface area contributed by atoms with Crippen LogP contribution >= 0.6 is 0 Å². The summed E-state index contributed by atoms with van der Waals surface area (Å²) in [6.45, 7) is 6.65. The molecule has 4 heterocycles. The molecule has 2 fully saturated rings. The van der Waals surface area contributed by atoms with E-state index in [1.165, 1.54) is 5.56 Å². The van der Waals surface area contributed by atoms with E-state index in [-0.39, 0.29) is 5.91 Å². The molecule has 2 aromatic heterocycles. The minimum Gasteiger partial charge on any atom is -0.360 e. The van der Waals surface area contributed by atoms with Gasteiger partial charge in [-0.25, -0.2) is 4.98 Å². The van der Waals surface area contributed by atoms with Gasteiger partial charge in [0.05, 0.1) is 12.2 Å². The van der Waals surface area contributed by atoms with Gasteiger partial charge in [-0.1, -0.05) is 41.6 Å². The molecule has 0 saturated carbocycles. The van der Waals surface area contributed by atoms with E-state index in [1.54, 1.807) is 0 Å². The number of rotatable bonds is 9. The Morgan fingerprint density at radius 2 is 1.86 bits per heavy atom. The number of aromatic nitrogens is 2. The molecule has 8 nitrogen and oxygen atoms in total. The Hall–Kier alpha value is -3.23. The summed E-state index contributed by atoms with van der Waals surface area (Å²) in [5.74, 6) is 2.90. The lowest BCUT2D eigenvalue weighted by molar-refractivity contribution is -0.133. The van der Waals surface area contributed by atoms with Crippen LogP contribution < -0.4 is 10.2 Å². The second-order valence-corrected chi connectivity index (χ2v) is 10.4. The minimum atomic E-state index is 0.279. The Morgan fingerprint density at radius 3 is 2.65 bits per heavy atom. The fourth-order valence-electron chi connectivity index (χ4n) is 5.58. The first-order chi connectivity index (χ1) is 18.1. The summed E-state index contributed by atoms with van der Waals surface area (Å²) in [5, 5.41) is 7.90. The van der Waals surface area contributed by atoms with Crippen LogP contribution in [-0.4, -0.2) is 72.2 Å². The number of piperidine rings is 1. The van der Waals surface area contributed by atoms with Crippen LogP contribution in [0.2, 0.25) is 0 Å². The van der Waals surface area contributed by atoms with Crippen LogP contribution in [0.5, 0.6) is 0 Å². The zero-order chi connectivity index (χ0) is 25.5. The molecule has 2 atom stereocenters. The fourth-order valence-corrected chi connectivity index (χ4v) is 5.58. The first kappa shape index (κ1) is 25.4. The summed E-state index contributed by atoms with van der Waals surface area (Å²) in [4.78, 5) is 24.2. The lowest BCUT2D eigenvalue weighted by Crippen LogP contribution is -2.50. The number of pyridine rings is 1. The highest BCUT2D eigenvalue weighted by Gasteiger charge is 2.31. The number of nitrogens with zero attached hydrogens (tertiary/aromatic N) is 5. The van der Waals surface area contributed by atoms with Crippen LogP contribution in [0.1, 0.15) is 29.9 Å². The predicted octanol–water partition coefficient (Wildman–Crippen LogP) is 3.21. The second kappa shape index (κ2) is 12.3. The van der Waals surface area contributed by atoms with Gasteiger partial charge in [0.2, 0.25) is 5.91 Å². The zero-order valence-electron chi connectivity index (χ0n) is 21.8. The molecule has 196 valence electrons.